The average molecular weight is 394 g/mol. The second-order valence-corrected chi connectivity index (χ2v) is 10.9. The highest BCUT2D eigenvalue weighted by Gasteiger charge is 2.57. The fraction of sp³-hybridized carbons (Fsp3) is 0.667. The Hall–Kier alpha value is -1.57. The van der Waals surface area contributed by atoms with Gasteiger partial charge in [0, 0.05) is 6.54 Å². The van der Waals surface area contributed by atoms with E-state index in [4.69, 9.17) is 0 Å². The Kier molecular flexibility index (Phi) is 5.66. The minimum atomic E-state index is -0.251. The van der Waals surface area contributed by atoms with Crippen LogP contribution in [0, 0.1) is 34.5 Å². The van der Waals surface area contributed by atoms with E-state index in [2.05, 4.69) is 51.2 Å². The molecular formula is C27H39NO. The molecule has 1 aromatic carbocycles. The zero-order valence-electron chi connectivity index (χ0n) is 18.8. The average Bonchev–Trinajstić information content (AvgIpc) is 2.72. The molecule has 1 N–H and O–H groups in total. The van der Waals surface area contributed by atoms with Crippen molar-refractivity contribution < 1.29 is 4.79 Å². The third-order valence-electron chi connectivity index (χ3n) is 8.92. The van der Waals surface area contributed by atoms with Crippen LogP contribution in [-0.4, -0.2) is 5.91 Å². The van der Waals surface area contributed by atoms with E-state index in [-0.39, 0.29) is 16.7 Å². The van der Waals surface area contributed by atoms with Gasteiger partial charge < -0.3 is 5.32 Å². The second kappa shape index (κ2) is 7.93. The number of rotatable bonds is 4. The first-order valence-corrected chi connectivity index (χ1v) is 11.9. The van der Waals surface area contributed by atoms with Gasteiger partial charge in [-0.1, -0.05) is 76.1 Å². The summed E-state index contributed by atoms with van der Waals surface area (Å²) < 4.78 is 0. The van der Waals surface area contributed by atoms with E-state index in [1.807, 2.05) is 18.2 Å². The van der Waals surface area contributed by atoms with Gasteiger partial charge in [0.15, 0.2) is 0 Å². The molecule has 0 spiro atoms. The van der Waals surface area contributed by atoms with Gasteiger partial charge >= 0.3 is 0 Å². The SMILES string of the molecule is CC(C)C1CC[C@H]2C(=CC[C@@H]3[C@]2(C)CCC[C@@]3(C)C(=O)NCc2ccccc2)C1. The van der Waals surface area contributed by atoms with Crippen LogP contribution in [0.3, 0.4) is 0 Å². The Morgan fingerprint density at radius 3 is 2.62 bits per heavy atom. The van der Waals surface area contributed by atoms with Gasteiger partial charge in [-0.15, -0.1) is 0 Å². The Morgan fingerprint density at radius 2 is 1.90 bits per heavy atom. The highest BCUT2D eigenvalue weighted by molar-refractivity contribution is 5.83. The van der Waals surface area contributed by atoms with Gasteiger partial charge in [-0.3, -0.25) is 4.79 Å². The monoisotopic (exact) mass is 393 g/mol. The standard InChI is InChI=1S/C27H39NO/c1-19(2)21-11-13-23-22(17-21)12-14-24-26(23,3)15-8-16-27(24,4)25(29)28-18-20-9-6-5-7-10-20/h5-7,9-10,12,19,21,23-24H,8,11,13-18H2,1-4H3,(H,28,29)/t21?,23-,24+,26+,27+/m0/s1. The molecule has 0 saturated heterocycles. The summed E-state index contributed by atoms with van der Waals surface area (Å²) in [4.78, 5) is 13.5. The van der Waals surface area contributed by atoms with Crippen molar-refractivity contribution in [2.24, 2.45) is 34.5 Å². The topological polar surface area (TPSA) is 29.1 Å². The Bertz CT molecular complexity index is 766. The molecular weight excluding hydrogens is 354 g/mol. The first-order chi connectivity index (χ1) is 13.8. The van der Waals surface area contributed by atoms with Crippen LogP contribution in [0.5, 0.6) is 0 Å². The van der Waals surface area contributed by atoms with Crippen molar-refractivity contribution in [2.75, 3.05) is 0 Å². The van der Waals surface area contributed by atoms with Crippen molar-refractivity contribution in [3.8, 4) is 0 Å². The number of carbonyl (C=O) groups excluding carboxylic acids is 1. The Morgan fingerprint density at radius 1 is 1.14 bits per heavy atom. The van der Waals surface area contributed by atoms with Gasteiger partial charge in [0.25, 0.3) is 0 Å². The van der Waals surface area contributed by atoms with Crippen molar-refractivity contribution in [1.29, 1.82) is 0 Å². The van der Waals surface area contributed by atoms with E-state index >= 15 is 0 Å². The van der Waals surface area contributed by atoms with Gasteiger partial charge in [-0.25, -0.2) is 0 Å². The molecule has 0 aliphatic heterocycles. The number of hydrogen-bond acceptors (Lipinski definition) is 1. The molecule has 0 bridgehead atoms. The minimum Gasteiger partial charge on any atom is -0.352 e. The largest absolute Gasteiger partial charge is 0.352 e. The van der Waals surface area contributed by atoms with Crippen molar-refractivity contribution in [1.82, 2.24) is 5.32 Å². The summed E-state index contributed by atoms with van der Waals surface area (Å²) in [5.41, 5.74) is 2.94. The van der Waals surface area contributed by atoms with Crippen LogP contribution in [0.1, 0.15) is 78.2 Å². The number of allylic oxidation sites excluding steroid dienone is 2. The zero-order valence-corrected chi connectivity index (χ0v) is 18.8. The molecule has 3 aliphatic rings. The van der Waals surface area contributed by atoms with Gasteiger partial charge in [-0.05, 0) is 73.2 Å². The van der Waals surface area contributed by atoms with Gasteiger partial charge in [0.2, 0.25) is 5.91 Å². The molecule has 2 nitrogen and oxygen atoms in total. The van der Waals surface area contributed by atoms with E-state index in [9.17, 15) is 4.79 Å². The summed E-state index contributed by atoms with van der Waals surface area (Å²) in [7, 11) is 0. The first-order valence-electron chi connectivity index (χ1n) is 11.9. The second-order valence-electron chi connectivity index (χ2n) is 10.9. The van der Waals surface area contributed by atoms with Crippen LogP contribution in [0.4, 0.5) is 0 Å². The third-order valence-corrected chi connectivity index (χ3v) is 8.92. The van der Waals surface area contributed by atoms with Gasteiger partial charge in [0.1, 0.15) is 0 Å². The van der Waals surface area contributed by atoms with Gasteiger partial charge in [0.05, 0.1) is 5.41 Å². The summed E-state index contributed by atoms with van der Waals surface area (Å²) in [6, 6.07) is 10.3. The molecule has 1 amide bonds. The number of amides is 1. The van der Waals surface area contributed by atoms with Gasteiger partial charge in [-0.2, -0.15) is 0 Å². The molecule has 2 fully saturated rings. The van der Waals surface area contributed by atoms with E-state index in [1.54, 1.807) is 5.57 Å². The number of fused-ring (bicyclic) bond motifs is 3. The lowest BCUT2D eigenvalue weighted by molar-refractivity contribution is -0.145. The summed E-state index contributed by atoms with van der Waals surface area (Å²) in [5, 5.41) is 3.29. The highest BCUT2D eigenvalue weighted by Crippen LogP contribution is 2.62. The van der Waals surface area contributed by atoms with Crippen LogP contribution < -0.4 is 5.32 Å². The minimum absolute atomic E-state index is 0.251. The number of hydrogen-bond donors (Lipinski definition) is 1. The van der Waals surface area contributed by atoms with Crippen LogP contribution in [0.15, 0.2) is 42.0 Å². The van der Waals surface area contributed by atoms with E-state index < -0.39 is 0 Å². The zero-order chi connectivity index (χ0) is 20.6. The molecule has 1 aromatic rings. The van der Waals surface area contributed by atoms with E-state index in [1.165, 1.54) is 37.7 Å². The van der Waals surface area contributed by atoms with Crippen LogP contribution in [0.2, 0.25) is 0 Å². The number of benzene rings is 1. The van der Waals surface area contributed by atoms with E-state index in [0.29, 0.717) is 18.4 Å². The van der Waals surface area contributed by atoms with Crippen LogP contribution in [-0.2, 0) is 11.3 Å². The lowest BCUT2D eigenvalue weighted by Gasteiger charge is -2.58. The van der Waals surface area contributed by atoms with Crippen LogP contribution >= 0.6 is 0 Å². The number of carbonyl (C=O) groups is 1. The maximum absolute atomic E-state index is 13.5. The maximum Gasteiger partial charge on any atom is 0.226 e. The summed E-state index contributed by atoms with van der Waals surface area (Å²) in [6.45, 7) is 10.2. The molecule has 3 aliphatic carbocycles. The first kappa shape index (κ1) is 20.7. The van der Waals surface area contributed by atoms with Crippen molar-refractivity contribution in [3.05, 3.63) is 47.5 Å². The molecule has 2 heteroatoms. The normalized spacial score (nSPS) is 36.7. The summed E-state index contributed by atoms with van der Waals surface area (Å²) >= 11 is 0. The molecule has 2 saturated carbocycles. The smallest absolute Gasteiger partial charge is 0.226 e. The Balaban J connectivity index is 1.53. The Labute approximate surface area is 177 Å². The molecule has 5 atom stereocenters. The van der Waals surface area contributed by atoms with Crippen molar-refractivity contribution in [3.63, 3.8) is 0 Å². The van der Waals surface area contributed by atoms with Crippen molar-refractivity contribution >= 4 is 5.91 Å². The van der Waals surface area contributed by atoms with Crippen molar-refractivity contribution in [2.45, 2.75) is 79.2 Å². The maximum atomic E-state index is 13.5. The number of nitrogens with one attached hydrogen (secondary N) is 1. The summed E-state index contributed by atoms with van der Waals surface area (Å²) in [5.74, 6) is 3.05. The van der Waals surface area contributed by atoms with E-state index in [0.717, 1.165) is 24.7 Å². The molecule has 0 heterocycles. The molecule has 0 radical (unpaired) electrons. The molecule has 29 heavy (non-hydrogen) atoms. The molecule has 158 valence electrons. The fourth-order valence-corrected chi connectivity index (χ4v) is 7.04. The highest BCUT2D eigenvalue weighted by atomic mass is 16.2. The predicted molar refractivity (Wildman–Crippen MR) is 120 cm³/mol. The van der Waals surface area contributed by atoms with Crippen LogP contribution in [0.25, 0.3) is 0 Å². The fourth-order valence-electron chi connectivity index (χ4n) is 7.04. The third kappa shape index (κ3) is 3.68. The molecule has 1 unspecified atom stereocenters. The predicted octanol–water partition coefficient (Wildman–Crippen LogP) is 6.52. The lowest BCUT2D eigenvalue weighted by Crippen LogP contribution is -2.55. The molecule has 4 rings (SSSR count). The summed E-state index contributed by atoms with van der Waals surface area (Å²) in [6.07, 6.45) is 11.1. The quantitative estimate of drug-likeness (QED) is 0.580. The lowest BCUT2D eigenvalue weighted by atomic mass is 9.46. The molecule has 0 aromatic heterocycles.